The number of ether oxygens (including phenoxy) is 1. The van der Waals surface area contributed by atoms with E-state index in [0.717, 1.165) is 13.0 Å². The summed E-state index contributed by atoms with van der Waals surface area (Å²) in [4.78, 5) is 25.7. The molecule has 2 N–H and O–H groups in total. The minimum atomic E-state index is -0.433. The predicted molar refractivity (Wildman–Crippen MR) is 79.7 cm³/mol. The summed E-state index contributed by atoms with van der Waals surface area (Å²) in [7, 11) is 1.38. The lowest BCUT2D eigenvalue weighted by Gasteiger charge is -2.38. The van der Waals surface area contributed by atoms with E-state index in [0.29, 0.717) is 19.5 Å². The van der Waals surface area contributed by atoms with Gasteiger partial charge in [0.15, 0.2) is 0 Å². The first-order valence-corrected chi connectivity index (χ1v) is 7.47. The van der Waals surface area contributed by atoms with Gasteiger partial charge in [-0.3, -0.25) is 14.5 Å². The van der Waals surface area contributed by atoms with E-state index in [1.807, 2.05) is 20.8 Å². The van der Waals surface area contributed by atoms with Gasteiger partial charge in [0.05, 0.1) is 13.7 Å². The van der Waals surface area contributed by atoms with Crippen LogP contribution < -0.4 is 5.32 Å². The summed E-state index contributed by atoms with van der Waals surface area (Å²) < 4.78 is 4.72. The Morgan fingerprint density at radius 2 is 2.00 bits per heavy atom. The lowest BCUT2D eigenvalue weighted by molar-refractivity contribution is -0.142. The van der Waals surface area contributed by atoms with Crippen molar-refractivity contribution in [3.63, 3.8) is 0 Å². The van der Waals surface area contributed by atoms with E-state index in [1.165, 1.54) is 7.11 Å². The second kappa shape index (κ2) is 7.75. The molecule has 0 radical (unpaired) electrons. The molecule has 2 atom stereocenters. The zero-order valence-corrected chi connectivity index (χ0v) is 13.5. The third kappa shape index (κ3) is 6.01. The van der Waals surface area contributed by atoms with Crippen molar-refractivity contribution in [3.8, 4) is 0 Å². The van der Waals surface area contributed by atoms with Crippen LogP contribution in [0.5, 0.6) is 0 Å². The van der Waals surface area contributed by atoms with Gasteiger partial charge < -0.3 is 15.2 Å². The molecule has 21 heavy (non-hydrogen) atoms. The number of hydrogen-bond acceptors (Lipinski definition) is 5. The quantitative estimate of drug-likeness (QED) is 0.718. The molecule has 1 saturated heterocycles. The van der Waals surface area contributed by atoms with Gasteiger partial charge >= 0.3 is 5.97 Å². The van der Waals surface area contributed by atoms with E-state index < -0.39 is 5.41 Å². The van der Waals surface area contributed by atoms with Crippen molar-refractivity contribution in [2.24, 2.45) is 11.3 Å². The number of piperidine rings is 1. The molecular formula is C15H28N2O4. The summed E-state index contributed by atoms with van der Waals surface area (Å²) in [6.07, 6.45) is 1.11. The molecule has 1 fully saturated rings. The molecule has 0 saturated carbocycles. The van der Waals surface area contributed by atoms with Crippen molar-refractivity contribution < 1.29 is 19.4 Å². The summed E-state index contributed by atoms with van der Waals surface area (Å²) >= 11 is 0. The van der Waals surface area contributed by atoms with Crippen LogP contribution in [0.25, 0.3) is 0 Å². The molecule has 1 amide bonds. The Morgan fingerprint density at radius 3 is 2.52 bits per heavy atom. The number of β-amino-alcohol motifs (C(OH)–C–C–N with tert-alkyl or cyclic N) is 1. The highest BCUT2D eigenvalue weighted by molar-refractivity contribution is 5.81. The number of carbonyl (C=O) groups is 2. The minimum Gasteiger partial charge on any atom is -0.469 e. The molecule has 0 bridgehead atoms. The third-order valence-corrected chi connectivity index (χ3v) is 3.73. The maximum Gasteiger partial charge on any atom is 0.305 e. The van der Waals surface area contributed by atoms with E-state index in [9.17, 15) is 9.59 Å². The van der Waals surface area contributed by atoms with Crippen LogP contribution >= 0.6 is 0 Å². The number of carbonyl (C=O) groups excluding carboxylic acids is 2. The second-order valence-corrected chi connectivity index (χ2v) is 6.79. The van der Waals surface area contributed by atoms with E-state index in [2.05, 4.69) is 10.2 Å². The molecule has 6 heteroatoms. The smallest absolute Gasteiger partial charge is 0.305 e. The van der Waals surface area contributed by atoms with E-state index >= 15 is 0 Å². The third-order valence-electron chi connectivity index (χ3n) is 3.73. The first-order valence-electron chi connectivity index (χ1n) is 7.47. The number of aliphatic hydroxyl groups excluding tert-OH is 1. The van der Waals surface area contributed by atoms with Crippen LogP contribution in [0.3, 0.4) is 0 Å². The summed E-state index contributed by atoms with van der Waals surface area (Å²) in [5, 5.41) is 12.2. The van der Waals surface area contributed by atoms with Crippen LogP contribution in [0.15, 0.2) is 0 Å². The van der Waals surface area contributed by atoms with Crippen molar-refractivity contribution >= 4 is 11.9 Å². The standard InChI is InChI=1S/C15H28N2O4/c1-15(2,3)14(20)16-12-7-11(8-13(19)21-4)9-17(10-12)5-6-18/h11-12,18H,5-10H2,1-4H3,(H,16,20). The van der Waals surface area contributed by atoms with Crippen LogP contribution in [-0.4, -0.2) is 61.3 Å². The molecule has 0 spiro atoms. The second-order valence-electron chi connectivity index (χ2n) is 6.79. The number of methoxy groups -OCH3 is 1. The number of esters is 1. The summed E-state index contributed by atoms with van der Waals surface area (Å²) in [6.45, 7) is 7.72. The Kier molecular flexibility index (Phi) is 6.61. The summed E-state index contributed by atoms with van der Waals surface area (Å²) in [6, 6.07) is 0.00619. The molecule has 1 heterocycles. The zero-order chi connectivity index (χ0) is 16.0. The molecular weight excluding hydrogens is 272 g/mol. The Bertz CT molecular complexity index is 365. The monoisotopic (exact) mass is 300 g/mol. The van der Waals surface area contributed by atoms with Gasteiger partial charge in [-0.05, 0) is 12.3 Å². The van der Waals surface area contributed by atoms with Gasteiger partial charge in [0.2, 0.25) is 5.91 Å². The fourth-order valence-corrected chi connectivity index (χ4v) is 2.60. The molecule has 6 nitrogen and oxygen atoms in total. The lowest BCUT2D eigenvalue weighted by atomic mass is 9.89. The minimum absolute atomic E-state index is 0.00619. The number of nitrogens with one attached hydrogen (secondary N) is 1. The van der Waals surface area contributed by atoms with Crippen molar-refractivity contribution in [1.29, 1.82) is 0 Å². The van der Waals surface area contributed by atoms with E-state index in [1.54, 1.807) is 0 Å². The van der Waals surface area contributed by atoms with Gasteiger partial charge in [-0.15, -0.1) is 0 Å². The van der Waals surface area contributed by atoms with Crippen LogP contribution in [0.1, 0.15) is 33.6 Å². The SMILES string of the molecule is COC(=O)CC1CC(NC(=O)C(C)(C)C)CN(CCO)C1. The topological polar surface area (TPSA) is 78.9 Å². The van der Waals surface area contributed by atoms with E-state index in [-0.39, 0.29) is 30.4 Å². The molecule has 0 aromatic heterocycles. The maximum atomic E-state index is 12.1. The van der Waals surface area contributed by atoms with Gasteiger partial charge in [-0.25, -0.2) is 0 Å². The van der Waals surface area contributed by atoms with Crippen LogP contribution in [0.2, 0.25) is 0 Å². The predicted octanol–water partition coefficient (Wildman–Crippen LogP) is 0.395. The average Bonchev–Trinajstić information content (AvgIpc) is 2.37. The number of nitrogens with zero attached hydrogens (tertiary/aromatic N) is 1. The molecule has 0 aromatic rings. The zero-order valence-electron chi connectivity index (χ0n) is 13.5. The molecule has 0 aliphatic carbocycles. The Morgan fingerprint density at radius 1 is 1.33 bits per heavy atom. The normalized spacial score (nSPS) is 23.7. The molecule has 122 valence electrons. The summed E-state index contributed by atoms with van der Waals surface area (Å²) in [5.41, 5.74) is -0.433. The van der Waals surface area contributed by atoms with Gasteiger partial charge in [0.1, 0.15) is 0 Å². The fraction of sp³-hybridized carbons (Fsp3) is 0.867. The average molecular weight is 300 g/mol. The highest BCUT2D eigenvalue weighted by Crippen LogP contribution is 2.22. The number of likely N-dealkylation sites (tertiary alicyclic amines) is 1. The van der Waals surface area contributed by atoms with Crippen LogP contribution in [0, 0.1) is 11.3 Å². The number of amides is 1. The maximum absolute atomic E-state index is 12.1. The van der Waals surface area contributed by atoms with Crippen molar-refractivity contribution in [3.05, 3.63) is 0 Å². The molecule has 0 aromatic carbocycles. The first kappa shape index (κ1) is 17.9. The van der Waals surface area contributed by atoms with Crippen molar-refractivity contribution in [2.75, 3.05) is 33.4 Å². The van der Waals surface area contributed by atoms with Crippen LogP contribution in [0.4, 0.5) is 0 Å². The first-order chi connectivity index (χ1) is 9.76. The van der Waals surface area contributed by atoms with Crippen molar-refractivity contribution in [1.82, 2.24) is 10.2 Å². The van der Waals surface area contributed by atoms with Crippen molar-refractivity contribution in [2.45, 2.75) is 39.7 Å². The highest BCUT2D eigenvalue weighted by atomic mass is 16.5. The van der Waals surface area contributed by atoms with E-state index in [4.69, 9.17) is 9.84 Å². The van der Waals surface area contributed by atoms with Gasteiger partial charge in [0.25, 0.3) is 0 Å². The van der Waals surface area contributed by atoms with Gasteiger partial charge in [-0.1, -0.05) is 20.8 Å². The summed E-state index contributed by atoms with van der Waals surface area (Å²) in [5.74, 6) is -0.0788. The number of aliphatic hydroxyl groups is 1. The largest absolute Gasteiger partial charge is 0.469 e. The lowest BCUT2D eigenvalue weighted by Crippen LogP contribution is -2.53. The number of hydrogen-bond donors (Lipinski definition) is 2. The van der Waals surface area contributed by atoms with Crippen LogP contribution in [-0.2, 0) is 14.3 Å². The Balaban J connectivity index is 2.65. The van der Waals surface area contributed by atoms with Gasteiger partial charge in [0, 0.05) is 37.5 Å². The highest BCUT2D eigenvalue weighted by Gasteiger charge is 2.31. The Hall–Kier alpha value is -1.14. The fourth-order valence-electron chi connectivity index (χ4n) is 2.60. The van der Waals surface area contributed by atoms with Gasteiger partial charge in [-0.2, -0.15) is 0 Å². The Labute approximate surface area is 126 Å². The number of rotatable bonds is 5. The molecule has 1 aliphatic rings. The molecule has 2 unspecified atom stereocenters. The molecule has 1 aliphatic heterocycles. The molecule has 1 rings (SSSR count).